The Morgan fingerprint density at radius 3 is 2.27 bits per heavy atom. The Kier molecular flexibility index (Phi) is 6.30. The van der Waals surface area contributed by atoms with Crippen molar-refractivity contribution in [2.24, 2.45) is 0 Å². The molecule has 0 saturated carbocycles. The summed E-state index contributed by atoms with van der Waals surface area (Å²) in [6.45, 7) is 0. The number of phenols is 1. The van der Waals surface area contributed by atoms with Crippen molar-refractivity contribution in [3.63, 3.8) is 0 Å². The molecule has 6 heteroatoms. The van der Waals surface area contributed by atoms with E-state index in [9.17, 15) is 9.90 Å². The molecule has 116 valence electrons. The van der Waals surface area contributed by atoms with Crippen LogP contribution in [0.2, 0.25) is 0 Å². The number of ether oxygens (including phenoxy) is 2. The molecule has 0 aliphatic rings. The summed E-state index contributed by atoms with van der Waals surface area (Å²) in [6.07, 6.45) is 0.999. The Bertz CT molecular complexity index is 645. The molecule has 2 rings (SSSR count). The number of hydrogen-bond acceptors (Lipinski definition) is 4. The Morgan fingerprint density at radius 1 is 1.14 bits per heavy atom. The maximum Gasteiger partial charge on any atom is 0.305 e. The second-order valence-electron chi connectivity index (χ2n) is 4.56. The highest BCUT2D eigenvalue weighted by atomic mass is 127. The number of aromatic hydroxyl groups is 1. The fourth-order valence-corrected chi connectivity index (χ4v) is 3.95. The van der Waals surface area contributed by atoms with E-state index >= 15 is 0 Å². The van der Waals surface area contributed by atoms with Crippen molar-refractivity contribution >= 4 is 51.2 Å². The number of halogens is 2. The third-order valence-electron chi connectivity index (χ3n) is 2.96. The highest BCUT2D eigenvalue weighted by molar-refractivity contribution is 14.1. The molecule has 0 radical (unpaired) electrons. The maximum absolute atomic E-state index is 11.2. The topological polar surface area (TPSA) is 55.8 Å². The van der Waals surface area contributed by atoms with Gasteiger partial charge in [-0.2, -0.15) is 0 Å². The normalized spacial score (nSPS) is 10.3. The summed E-state index contributed by atoms with van der Waals surface area (Å²) in [7, 11) is 1.39. The van der Waals surface area contributed by atoms with Crippen LogP contribution in [0.1, 0.15) is 12.0 Å². The molecule has 0 atom stereocenters. The molecule has 0 aliphatic heterocycles. The summed E-state index contributed by atoms with van der Waals surface area (Å²) < 4.78 is 12.5. The number of phenolic OH excluding ortho intramolecular Hbond substituents is 1. The largest absolute Gasteiger partial charge is 0.508 e. The number of rotatable bonds is 5. The van der Waals surface area contributed by atoms with Crippen LogP contribution in [0, 0.1) is 7.14 Å². The molecule has 0 saturated heterocycles. The minimum Gasteiger partial charge on any atom is -0.508 e. The van der Waals surface area contributed by atoms with E-state index in [-0.39, 0.29) is 11.7 Å². The second kappa shape index (κ2) is 8.00. The van der Waals surface area contributed by atoms with Gasteiger partial charge in [-0.3, -0.25) is 4.79 Å². The molecule has 0 heterocycles. The summed E-state index contributed by atoms with van der Waals surface area (Å²) in [4.78, 5) is 11.2. The van der Waals surface area contributed by atoms with Crippen molar-refractivity contribution in [1.82, 2.24) is 0 Å². The summed E-state index contributed by atoms with van der Waals surface area (Å²) in [5.41, 5.74) is 1.07. The van der Waals surface area contributed by atoms with Gasteiger partial charge in [-0.05, 0) is 93.6 Å². The number of benzene rings is 2. The Hall–Kier alpha value is -1.03. The predicted molar refractivity (Wildman–Crippen MR) is 100 cm³/mol. The monoisotopic (exact) mass is 524 g/mol. The number of aryl methyl sites for hydroxylation is 1. The molecule has 0 aromatic heterocycles. The quantitative estimate of drug-likeness (QED) is 0.463. The zero-order valence-electron chi connectivity index (χ0n) is 11.8. The molecule has 0 fully saturated rings. The van der Waals surface area contributed by atoms with E-state index in [4.69, 9.17) is 4.74 Å². The lowest BCUT2D eigenvalue weighted by Crippen LogP contribution is -2.02. The molecule has 4 nitrogen and oxygen atoms in total. The smallest absolute Gasteiger partial charge is 0.305 e. The number of carbonyl (C=O) groups excluding carboxylic acids is 1. The Balaban J connectivity index is 2.16. The molecular weight excluding hydrogens is 510 g/mol. The zero-order valence-corrected chi connectivity index (χ0v) is 16.1. The molecule has 22 heavy (non-hydrogen) atoms. The van der Waals surface area contributed by atoms with Crippen LogP contribution in [0.25, 0.3) is 0 Å². The van der Waals surface area contributed by atoms with Gasteiger partial charge in [0.15, 0.2) is 5.75 Å². The van der Waals surface area contributed by atoms with Gasteiger partial charge in [-0.1, -0.05) is 0 Å². The number of hydrogen-bond donors (Lipinski definition) is 1. The summed E-state index contributed by atoms with van der Waals surface area (Å²) in [5.74, 6) is 1.42. The van der Waals surface area contributed by atoms with Gasteiger partial charge in [0.25, 0.3) is 0 Å². The van der Waals surface area contributed by atoms with Gasteiger partial charge in [0.2, 0.25) is 0 Å². The number of esters is 1. The van der Waals surface area contributed by atoms with Gasteiger partial charge >= 0.3 is 5.97 Å². The van der Waals surface area contributed by atoms with Crippen LogP contribution in [0.3, 0.4) is 0 Å². The fraction of sp³-hybridized carbons (Fsp3) is 0.188. The SMILES string of the molecule is COC(=O)CCc1cc(I)c(Oc2ccc(O)cc2)c(I)c1. The van der Waals surface area contributed by atoms with E-state index in [1.165, 1.54) is 7.11 Å². The van der Waals surface area contributed by atoms with E-state index < -0.39 is 0 Å². The zero-order chi connectivity index (χ0) is 16.1. The minimum absolute atomic E-state index is 0.204. The van der Waals surface area contributed by atoms with Crippen molar-refractivity contribution < 1.29 is 19.4 Å². The lowest BCUT2D eigenvalue weighted by molar-refractivity contribution is -0.140. The van der Waals surface area contributed by atoms with Crippen LogP contribution in [-0.2, 0) is 16.0 Å². The van der Waals surface area contributed by atoms with Gasteiger partial charge in [0, 0.05) is 6.42 Å². The molecule has 2 aromatic carbocycles. The first kappa shape index (κ1) is 17.3. The van der Waals surface area contributed by atoms with Crippen molar-refractivity contribution in [3.05, 3.63) is 49.1 Å². The van der Waals surface area contributed by atoms with E-state index in [0.29, 0.717) is 18.6 Å². The number of methoxy groups -OCH3 is 1. The molecule has 0 spiro atoms. The van der Waals surface area contributed by atoms with Crippen LogP contribution < -0.4 is 4.74 Å². The van der Waals surface area contributed by atoms with E-state index in [0.717, 1.165) is 18.5 Å². The molecule has 0 bridgehead atoms. The average Bonchev–Trinajstić information content (AvgIpc) is 2.50. The first-order valence-corrected chi connectivity index (χ1v) is 8.67. The molecule has 2 aromatic rings. The van der Waals surface area contributed by atoms with Gasteiger partial charge in [-0.25, -0.2) is 0 Å². The standard InChI is InChI=1S/C16H14I2O4/c1-21-15(20)7-2-10-8-13(17)16(14(18)9-10)22-12-5-3-11(19)4-6-12/h3-6,8-9,19H,2,7H2,1H3. The lowest BCUT2D eigenvalue weighted by Gasteiger charge is -2.12. The molecular formula is C16H14I2O4. The first-order chi connectivity index (χ1) is 10.5. The van der Waals surface area contributed by atoms with Gasteiger partial charge in [0.05, 0.1) is 14.3 Å². The highest BCUT2D eigenvalue weighted by Gasteiger charge is 2.11. The first-order valence-electron chi connectivity index (χ1n) is 6.51. The highest BCUT2D eigenvalue weighted by Crippen LogP contribution is 2.33. The van der Waals surface area contributed by atoms with Crippen molar-refractivity contribution in [1.29, 1.82) is 0 Å². The van der Waals surface area contributed by atoms with Gasteiger partial charge < -0.3 is 14.6 Å². The molecule has 1 N–H and O–H groups in total. The Labute approximate surface area is 156 Å². The average molecular weight is 524 g/mol. The molecule has 0 aliphatic carbocycles. The van der Waals surface area contributed by atoms with E-state index in [1.807, 2.05) is 12.1 Å². The summed E-state index contributed by atoms with van der Waals surface area (Å²) in [5, 5.41) is 9.30. The minimum atomic E-state index is -0.213. The van der Waals surface area contributed by atoms with Crippen LogP contribution in [0.4, 0.5) is 0 Å². The number of carbonyl (C=O) groups is 1. The van der Waals surface area contributed by atoms with Crippen LogP contribution in [0.5, 0.6) is 17.2 Å². The predicted octanol–water partition coefficient (Wildman–Crippen LogP) is 4.50. The van der Waals surface area contributed by atoms with Crippen molar-refractivity contribution in [2.45, 2.75) is 12.8 Å². The summed E-state index contributed by atoms with van der Waals surface area (Å²) >= 11 is 4.43. The third-order valence-corrected chi connectivity index (χ3v) is 4.56. The van der Waals surface area contributed by atoms with Crippen molar-refractivity contribution in [2.75, 3.05) is 7.11 Å². The van der Waals surface area contributed by atoms with E-state index in [2.05, 4.69) is 49.9 Å². The van der Waals surface area contributed by atoms with Crippen LogP contribution in [0.15, 0.2) is 36.4 Å². The fourth-order valence-electron chi connectivity index (χ4n) is 1.83. The van der Waals surface area contributed by atoms with E-state index in [1.54, 1.807) is 24.3 Å². The van der Waals surface area contributed by atoms with Gasteiger partial charge in [-0.15, -0.1) is 0 Å². The van der Waals surface area contributed by atoms with Crippen LogP contribution >= 0.6 is 45.2 Å². The van der Waals surface area contributed by atoms with Crippen LogP contribution in [-0.4, -0.2) is 18.2 Å². The molecule has 0 unspecified atom stereocenters. The van der Waals surface area contributed by atoms with Crippen molar-refractivity contribution in [3.8, 4) is 17.2 Å². The third kappa shape index (κ3) is 4.73. The second-order valence-corrected chi connectivity index (χ2v) is 6.89. The summed E-state index contributed by atoms with van der Waals surface area (Å²) in [6, 6.07) is 10.6. The van der Waals surface area contributed by atoms with Gasteiger partial charge in [0.1, 0.15) is 11.5 Å². The molecule has 0 amide bonds. The Morgan fingerprint density at radius 2 is 1.73 bits per heavy atom. The maximum atomic E-state index is 11.2. The lowest BCUT2D eigenvalue weighted by atomic mass is 10.1.